The van der Waals surface area contributed by atoms with Crippen molar-refractivity contribution in [2.24, 2.45) is 7.05 Å². The predicted molar refractivity (Wildman–Crippen MR) is 62.9 cm³/mol. The van der Waals surface area contributed by atoms with Gasteiger partial charge in [-0.2, -0.15) is 5.10 Å². The first-order valence-corrected chi connectivity index (χ1v) is 6.09. The Hall–Kier alpha value is -0.910. The Kier molecular flexibility index (Phi) is 2.50. The van der Waals surface area contributed by atoms with Crippen LogP contribution >= 0.6 is 0 Å². The summed E-state index contributed by atoms with van der Waals surface area (Å²) < 4.78 is 13.3. The van der Waals surface area contributed by atoms with Gasteiger partial charge in [-0.05, 0) is 13.8 Å². The lowest BCUT2D eigenvalue weighted by Gasteiger charge is -2.49. The third-order valence-corrected chi connectivity index (χ3v) is 3.91. The van der Waals surface area contributed by atoms with Crippen molar-refractivity contribution >= 4 is 0 Å². The van der Waals surface area contributed by atoms with Crippen LogP contribution in [0.3, 0.4) is 0 Å². The summed E-state index contributed by atoms with van der Waals surface area (Å²) in [5, 5.41) is 8.05. The number of aryl methyl sites for hydroxylation is 2. The van der Waals surface area contributed by atoms with E-state index in [1.165, 1.54) is 11.3 Å². The molecule has 5 heteroatoms. The second kappa shape index (κ2) is 3.80. The van der Waals surface area contributed by atoms with E-state index in [0.717, 1.165) is 18.8 Å². The van der Waals surface area contributed by atoms with Crippen molar-refractivity contribution in [3.05, 3.63) is 17.0 Å². The van der Waals surface area contributed by atoms with Crippen molar-refractivity contribution in [3.63, 3.8) is 0 Å². The van der Waals surface area contributed by atoms with Crippen molar-refractivity contribution in [1.82, 2.24) is 15.1 Å². The maximum atomic E-state index is 5.96. The number of rotatable bonds is 1. The van der Waals surface area contributed by atoms with Crippen LogP contribution in [0.15, 0.2) is 0 Å². The molecule has 1 N–H and O–H groups in total. The Bertz CT molecular complexity index is 437. The lowest BCUT2D eigenvalue weighted by molar-refractivity contribution is -0.239. The van der Waals surface area contributed by atoms with E-state index in [2.05, 4.69) is 24.3 Å². The molecule has 0 bridgehead atoms. The summed E-state index contributed by atoms with van der Waals surface area (Å²) >= 11 is 0. The highest BCUT2D eigenvalue weighted by Crippen LogP contribution is 2.39. The third-order valence-electron chi connectivity index (χ3n) is 3.91. The van der Waals surface area contributed by atoms with Crippen molar-refractivity contribution in [3.8, 4) is 0 Å². The van der Waals surface area contributed by atoms with Crippen LogP contribution in [0.4, 0.5) is 0 Å². The first-order valence-electron chi connectivity index (χ1n) is 6.09. The van der Waals surface area contributed by atoms with E-state index in [-0.39, 0.29) is 11.6 Å². The lowest BCUT2D eigenvalue weighted by Crippen LogP contribution is -2.63. The van der Waals surface area contributed by atoms with E-state index >= 15 is 0 Å². The average Bonchev–Trinajstić information content (AvgIpc) is 2.51. The largest absolute Gasteiger partial charge is 0.375 e. The number of ether oxygens (including phenoxy) is 2. The number of nitrogens with zero attached hydrogens (tertiary/aromatic N) is 2. The highest BCUT2D eigenvalue weighted by molar-refractivity contribution is 5.32. The minimum atomic E-state index is -0.170. The van der Waals surface area contributed by atoms with Crippen LogP contribution in [-0.2, 0) is 16.5 Å². The summed E-state index contributed by atoms with van der Waals surface area (Å²) in [7, 11) is 1.99. The normalized spacial score (nSPS) is 27.1. The molecular weight excluding hydrogens is 218 g/mol. The summed E-state index contributed by atoms with van der Waals surface area (Å²) in [6.45, 7) is 7.18. The molecule has 0 saturated carbocycles. The molecule has 1 aromatic rings. The van der Waals surface area contributed by atoms with Gasteiger partial charge in [0.25, 0.3) is 0 Å². The first-order chi connectivity index (χ1) is 8.14. The van der Waals surface area contributed by atoms with Crippen LogP contribution in [0.1, 0.15) is 23.0 Å². The van der Waals surface area contributed by atoms with E-state index in [1.807, 2.05) is 11.7 Å². The SMILES string of the molecule is Cc1nn(C)c(C)c1C1NCCOC12COC2. The van der Waals surface area contributed by atoms with E-state index in [0.29, 0.717) is 13.2 Å². The average molecular weight is 237 g/mol. The molecule has 5 nitrogen and oxygen atoms in total. The second-order valence-electron chi connectivity index (χ2n) is 5.00. The Morgan fingerprint density at radius 2 is 2.18 bits per heavy atom. The van der Waals surface area contributed by atoms with Gasteiger partial charge in [0.05, 0.1) is 31.6 Å². The standard InChI is InChI=1S/C12H19N3O2/c1-8-10(9(2)15(3)14-8)11-12(6-16-7-12)17-5-4-13-11/h11,13H,4-7H2,1-3H3. The fourth-order valence-electron chi connectivity index (χ4n) is 2.85. The Morgan fingerprint density at radius 3 is 2.71 bits per heavy atom. The monoisotopic (exact) mass is 237 g/mol. The zero-order valence-electron chi connectivity index (χ0n) is 10.6. The number of morpholine rings is 1. The molecule has 3 rings (SSSR count). The summed E-state index contributed by atoms with van der Waals surface area (Å²) in [5.74, 6) is 0. The highest BCUT2D eigenvalue weighted by atomic mass is 16.6. The van der Waals surface area contributed by atoms with Gasteiger partial charge in [0.15, 0.2) is 0 Å². The number of aromatic nitrogens is 2. The molecule has 2 aliphatic heterocycles. The summed E-state index contributed by atoms with van der Waals surface area (Å²) in [5.41, 5.74) is 3.39. The highest BCUT2D eigenvalue weighted by Gasteiger charge is 2.50. The Morgan fingerprint density at radius 1 is 1.41 bits per heavy atom. The smallest absolute Gasteiger partial charge is 0.134 e. The van der Waals surface area contributed by atoms with Crippen molar-refractivity contribution in [2.45, 2.75) is 25.5 Å². The number of hydrogen-bond acceptors (Lipinski definition) is 4. The van der Waals surface area contributed by atoms with Crippen molar-refractivity contribution < 1.29 is 9.47 Å². The summed E-state index contributed by atoms with van der Waals surface area (Å²) in [6, 6.07) is 0.207. The molecule has 94 valence electrons. The van der Waals surface area contributed by atoms with E-state index < -0.39 is 0 Å². The van der Waals surface area contributed by atoms with Gasteiger partial charge < -0.3 is 14.8 Å². The van der Waals surface area contributed by atoms with Gasteiger partial charge in [-0.1, -0.05) is 0 Å². The third kappa shape index (κ3) is 1.53. The van der Waals surface area contributed by atoms with Crippen LogP contribution in [0.5, 0.6) is 0 Å². The van der Waals surface area contributed by atoms with Gasteiger partial charge >= 0.3 is 0 Å². The molecule has 1 atom stereocenters. The van der Waals surface area contributed by atoms with E-state index in [4.69, 9.17) is 9.47 Å². The zero-order chi connectivity index (χ0) is 12.0. The Labute approximate surface area is 101 Å². The molecule has 3 heterocycles. The minimum absolute atomic E-state index is 0.170. The molecule has 1 spiro atoms. The molecule has 0 aromatic carbocycles. The molecule has 0 amide bonds. The summed E-state index contributed by atoms with van der Waals surface area (Å²) in [6.07, 6.45) is 0. The number of nitrogens with one attached hydrogen (secondary N) is 1. The van der Waals surface area contributed by atoms with Crippen LogP contribution in [0.2, 0.25) is 0 Å². The van der Waals surface area contributed by atoms with Crippen molar-refractivity contribution in [1.29, 1.82) is 0 Å². The molecule has 2 aliphatic rings. The van der Waals surface area contributed by atoms with Crippen LogP contribution < -0.4 is 5.32 Å². The molecular formula is C12H19N3O2. The van der Waals surface area contributed by atoms with Crippen molar-refractivity contribution in [2.75, 3.05) is 26.4 Å². The quantitative estimate of drug-likeness (QED) is 0.771. The first kappa shape index (κ1) is 11.2. The van der Waals surface area contributed by atoms with Gasteiger partial charge in [0.2, 0.25) is 0 Å². The maximum absolute atomic E-state index is 5.96. The summed E-state index contributed by atoms with van der Waals surface area (Å²) in [4.78, 5) is 0. The maximum Gasteiger partial charge on any atom is 0.134 e. The molecule has 0 radical (unpaired) electrons. The number of hydrogen-bond donors (Lipinski definition) is 1. The predicted octanol–water partition coefficient (Wildman–Crippen LogP) is 0.467. The van der Waals surface area contributed by atoms with E-state index in [9.17, 15) is 0 Å². The molecule has 2 saturated heterocycles. The molecule has 2 fully saturated rings. The van der Waals surface area contributed by atoms with Gasteiger partial charge in [-0.15, -0.1) is 0 Å². The van der Waals surface area contributed by atoms with Crippen LogP contribution in [-0.4, -0.2) is 41.7 Å². The van der Waals surface area contributed by atoms with Gasteiger partial charge in [0, 0.05) is 24.8 Å². The van der Waals surface area contributed by atoms with Crippen LogP contribution in [0.25, 0.3) is 0 Å². The minimum Gasteiger partial charge on any atom is -0.375 e. The zero-order valence-corrected chi connectivity index (χ0v) is 10.6. The fourth-order valence-corrected chi connectivity index (χ4v) is 2.85. The molecule has 1 aromatic heterocycles. The van der Waals surface area contributed by atoms with Gasteiger partial charge in [0.1, 0.15) is 5.60 Å². The molecule has 1 unspecified atom stereocenters. The topological polar surface area (TPSA) is 48.3 Å². The molecule has 0 aliphatic carbocycles. The Balaban J connectivity index is 2.01. The van der Waals surface area contributed by atoms with E-state index in [1.54, 1.807) is 0 Å². The molecule has 17 heavy (non-hydrogen) atoms. The van der Waals surface area contributed by atoms with Gasteiger partial charge in [-0.25, -0.2) is 0 Å². The second-order valence-corrected chi connectivity index (χ2v) is 5.00. The fraction of sp³-hybridized carbons (Fsp3) is 0.750. The van der Waals surface area contributed by atoms with Crippen LogP contribution in [0, 0.1) is 13.8 Å². The van der Waals surface area contributed by atoms with Gasteiger partial charge in [-0.3, -0.25) is 4.68 Å². The lowest BCUT2D eigenvalue weighted by atomic mass is 9.84.